The first kappa shape index (κ1) is 36.0. The summed E-state index contributed by atoms with van der Waals surface area (Å²) in [5, 5.41) is 7.11. The summed E-state index contributed by atoms with van der Waals surface area (Å²) in [6.07, 6.45) is 22.1. The van der Waals surface area contributed by atoms with Crippen LogP contribution in [-0.2, 0) is 6.42 Å². The van der Waals surface area contributed by atoms with Gasteiger partial charge in [0.1, 0.15) is 0 Å². The molecule has 0 amide bonds. The molecule has 0 fully saturated rings. The second kappa shape index (κ2) is 22.7. The molecule has 0 saturated carbocycles. The zero-order valence-corrected chi connectivity index (χ0v) is 27.0. The van der Waals surface area contributed by atoms with Gasteiger partial charge in [-0.1, -0.05) is 113 Å². The molecule has 0 bridgehead atoms. The first-order valence-electron chi connectivity index (χ1n) is 15.7. The fraction of sp³-hybridized carbons (Fsp3) is 0.514. The van der Waals surface area contributed by atoms with E-state index < -0.39 is 0 Å². The minimum Gasteiger partial charge on any atom is -0.352 e. The molecule has 0 saturated heterocycles. The van der Waals surface area contributed by atoms with Crippen molar-refractivity contribution in [1.82, 2.24) is 10.6 Å². The third kappa shape index (κ3) is 16.8. The summed E-state index contributed by atoms with van der Waals surface area (Å²) in [6.45, 7) is 23.2. The van der Waals surface area contributed by atoms with Crippen LogP contribution in [0.5, 0.6) is 0 Å². The van der Waals surface area contributed by atoms with Gasteiger partial charge in [0.2, 0.25) is 5.96 Å². The molecule has 2 N–H and O–H groups in total. The maximum absolute atomic E-state index is 4.60. The van der Waals surface area contributed by atoms with Crippen LogP contribution in [-0.4, -0.2) is 38.4 Å². The molecule has 0 heterocycles. The molecule has 0 aliphatic carbocycles. The number of nitrogens with one attached hydrogen (secondary N) is 2. The molecule has 2 unspecified atom stereocenters. The van der Waals surface area contributed by atoms with Crippen molar-refractivity contribution in [2.75, 3.05) is 19.6 Å². The SMILES string of the molecule is C=C/C(=C\C=C(/C)c1ccc(CCCCCC)cc1)CNCC(C)CCC(CC)NC(N=C)=NC/C(C)=C\C=C/C. The Kier molecular flexibility index (Phi) is 19.9. The van der Waals surface area contributed by atoms with Crippen LogP contribution >= 0.6 is 0 Å². The summed E-state index contributed by atoms with van der Waals surface area (Å²) in [7, 11) is 0. The Hall–Kier alpha value is -2.98. The van der Waals surface area contributed by atoms with Gasteiger partial charge in [-0.15, -0.1) is 0 Å². The average Bonchev–Trinajstić information content (AvgIpc) is 2.99. The fourth-order valence-corrected chi connectivity index (χ4v) is 4.48. The molecule has 1 aromatic carbocycles. The van der Waals surface area contributed by atoms with Crippen molar-refractivity contribution >= 4 is 18.3 Å². The van der Waals surface area contributed by atoms with Gasteiger partial charge in [0.15, 0.2) is 0 Å². The highest BCUT2D eigenvalue weighted by Gasteiger charge is 2.11. The summed E-state index contributed by atoms with van der Waals surface area (Å²) < 4.78 is 0. The predicted octanol–water partition coefficient (Wildman–Crippen LogP) is 9.28. The van der Waals surface area contributed by atoms with E-state index in [4.69, 9.17) is 0 Å². The normalized spacial score (nSPS) is 14.8. The molecule has 41 heavy (non-hydrogen) atoms. The number of aryl methyl sites for hydroxylation is 1. The zero-order chi connectivity index (χ0) is 30.3. The number of guanidine groups is 1. The highest BCUT2D eigenvalue weighted by Crippen LogP contribution is 2.17. The van der Waals surface area contributed by atoms with Gasteiger partial charge in [-0.25, -0.2) is 9.98 Å². The third-order valence-electron chi connectivity index (χ3n) is 7.39. The molecule has 2 atom stereocenters. The van der Waals surface area contributed by atoms with E-state index in [0.717, 1.165) is 32.4 Å². The number of hydrogen-bond donors (Lipinski definition) is 2. The van der Waals surface area contributed by atoms with Gasteiger partial charge < -0.3 is 10.6 Å². The van der Waals surface area contributed by atoms with Crippen molar-refractivity contribution in [3.63, 3.8) is 0 Å². The fourth-order valence-electron chi connectivity index (χ4n) is 4.48. The first-order valence-corrected chi connectivity index (χ1v) is 15.7. The Morgan fingerprint density at radius 2 is 1.76 bits per heavy atom. The molecule has 0 radical (unpaired) electrons. The monoisotopic (exact) mass is 558 g/mol. The van der Waals surface area contributed by atoms with Gasteiger partial charge in [-0.2, -0.15) is 0 Å². The first-order chi connectivity index (χ1) is 19.9. The van der Waals surface area contributed by atoms with E-state index >= 15 is 0 Å². The van der Waals surface area contributed by atoms with Gasteiger partial charge >= 0.3 is 0 Å². The molecule has 0 spiro atoms. The molecule has 4 nitrogen and oxygen atoms in total. The van der Waals surface area contributed by atoms with Gasteiger partial charge in [0.25, 0.3) is 0 Å². The Morgan fingerprint density at radius 1 is 1.00 bits per heavy atom. The van der Waals surface area contributed by atoms with E-state index in [1.807, 2.05) is 25.2 Å². The lowest BCUT2D eigenvalue weighted by Gasteiger charge is -2.20. The topological polar surface area (TPSA) is 48.8 Å². The number of unbranched alkanes of at least 4 members (excludes halogenated alkanes) is 3. The van der Waals surface area contributed by atoms with E-state index in [1.54, 1.807) is 0 Å². The van der Waals surface area contributed by atoms with E-state index in [2.05, 4.69) is 111 Å². The van der Waals surface area contributed by atoms with Crippen LogP contribution in [0.1, 0.15) is 97.6 Å². The van der Waals surface area contributed by atoms with Crippen molar-refractivity contribution in [1.29, 1.82) is 0 Å². The summed E-state index contributed by atoms with van der Waals surface area (Å²) in [6, 6.07) is 9.41. The molecular weight excluding hydrogens is 500 g/mol. The van der Waals surface area contributed by atoms with Gasteiger partial charge in [0.05, 0.1) is 6.54 Å². The highest BCUT2D eigenvalue weighted by molar-refractivity contribution is 5.84. The van der Waals surface area contributed by atoms with E-state index in [1.165, 1.54) is 60.0 Å². The Morgan fingerprint density at radius 3 is 2.39 bits per heavy atom. The number of benzene rings is 1. The second-order valence-corrected chi connectivity index (χ2v) is 11.2. The minimum atomic E-state index is 0.341. The summed E-state index contributed by atoms with van der Waals surface area (Å²) in [5.74, 6) is 1.20. The lowest BCUT2D eigenvalue weighted by atomic mass is 10.00. The molecule has 1 aromatic rings. The summed E-state index contributed by atoms with van der Waals surface area (Å²) in [4.78, 5) is 8.71. The van der Waals surface area contributed by atoms with Gasteiger partial charge in [0, 0.05) is 12.6 Å². The van der Waals surface area contributed by atoms with Crippen molar-refractivity contribution in [3.8, 4) is 0 Å². The zero-order valence-electron chi connectivity index (χ0n) is 27.0. The summed E-state index contributed by atoms with van der Waals surface area (Å²) >= 11 is 0. The van der Waals surface area contributed by atoms with E-state index in [9.17, 15) is 0 Å². The number of allylic oxidation sites excluding steroid dienone is 6. The summed E-state index contributed by atoms with van der Waals surface area (Å²) in [5.41, 5.74) is 6.39. The number of rotatable bonds is 20. The van der Waals surface area contributed by atoms with Crippen LogP contribution < -0.4 is 10.6 Å². The maximum atomic E-state index is 4.60. The molecule has 0 aliphatic heterocycles. The largest absolute Gasteiger partial charge is 0.352 e. The van der Waals surface area contributed by atoms with Gasteiger partial charge in [-0.3, -0.25) is 0 Å². The smallest absolute Gasteiger partial charge is 0.217 e. The van der Waals surface area contributed by atoms with Crippen molar-refractivity contribution in [3.05, 3.63) is 89.6 Å². The predicted molar refractivity (Wildman–Crippen MR) is 185 cm³/mol. The Labute approximate surface area is 252 Å². The minimum absolute atomic E-state index is 0.341. The van der Waals surface area contributed by atoms with E-state index in [0.29, 0.717) is 24.5 Å². The van der Waals surface area contributed by atoms with Gasteiger partial charge in [-0.05, 0) is 94.3 Å². The Bertz CT molecular complexity index is 1020. The standard InChI is InChI=1S/C37H58N4/c1-9-13-15-16-18-34-22-24-35(25-23-34)32(7)20-21-33(11-3)29-39-27-31(6)19-26-36(12-4)41-37(38-8)40-28-30(5)17-14-10-2/h10-11,14,17,20-25,31,36,39H,3,8-9,12-13,15-16,18-19,26-29H2,1-2,4-7H3,(H,40,41)/b14-10-,30-17-,32-20+,33-21+. The van der Waals surface area contributed by atoms with E-state index in [-0.39, 0.29) is 0 Å². The second-order valence-electron chi connectivity index (χ2n) is 11.2. The van der Waals surface area contributed by atoms with Crippen molar-refractivity contribution in [2.24, 2.45) is 15.9 Å². The lowest BCUT2D eigenvalue weighted by Crippen LogP contribution is -2.34. The molecule has 1 rings (SSSR count). The molecule has 0 aliphatic rings. The van der Waals surface area contributed by atoms with Crippen LogP contribution in [0.15, 0.2) is 88.4 Å². The van der Waals surface area contributed by atoms with Crippen LogP contribution in [0.25, 0.3) is 5.57 Å². The quantitative estimate of drug-likeness (QED) is 0.0725. The van der Waals surface area contributed by atoms with Crippen LogP contribution in [0.3, 0.4) is 0 Å². The number of hydrogen-bond acceptors (Lipinski definition) is 2. The number of aliphatic imine (C=N–C) groups is 2. The van der Waals surface area contributed by atoms with Crippen LogP contribution in [0, 0.1) is 5.92 Å². The third-order valence-corrected chi connectivity index (χ3v) is 7.39. The molecule has 4 heteroatoms. The Balaban J connectivity index is 2.51. The van der Waals surface area contributed by atoms with Crippen LogP contribution in [0.4, 0.5) is 0 Å². The maximum Gasteiger partial charge on any atom is 0.217 e. The lowest BCUT2D eigenvalue weighted by molar-refractivity contribution is 0.426. The molecular formula is C37H58N4. The number of nitrogens with zero attached hydrogens (tertiary/aromatic N) is 2. The molecule has 226 valence electrons. The van der Waals surface area contributed by atoms with Crippen LogP contribution in [0.2, 0.25) is 0 Å². The average molecular weight is 559 g/mol. The van der Waals surface area contributed by atoms with Crippen molar-refractivity contribution < 1.29 is 0 Å². The highest BCUT2D eigenvalue weighted by atomic mass is 15.1. The molecule has 0 aromatic heterocycles. The van der Waals surface area contributed by atoms with Crippen molar-refractivity contribution in [2.45, 2.75) is 99.0 Å².